The molecule has 0 unspecified atom stereocenters. The summed E-state index contributed by atoms with van der Waals surface area (Å²) < 4.78 is 0. The van der Waals surface area contributed by atoms with Crippen molar-refractivity contribution >= 4 is 11.7 Å². The Morgan fingerprint density at radius 1 is 1.00 bits per heavy atom. The number of hydrazone groups is 1. The Morgan fingerprint density at radius 3 is 2.42 bits per heavy atom. The fourth-order valence-electron chi connectivity index (χ4n) is 2.28. The number of anilines is 1. The molecule has 5 nitrogen and oxygen atoms in total. The summed E-state index contributed by atoms with van der Waals surface area (Å²) in [5, 5.41) is 13.7. The summed E-state index contributed by atoms with van der Waals surface area (Å²) in [6.07, 6.45) is 0. The van der Waals surface area contributed by atoms with Gasteiger partial charge in [0.05, 0.1) is 11.4 Å². The van der Waals surface area contributed by atoms with E-state index in [2.05, 4.69) is 20.5 Å². The zero-order valence-electron chi connectivity index (χ0n) is 13.6. The smallest absolute Gasteiger partial charge is 0.244 e. The molecule has 5 heteroatoms. The molecule has 0 aliphatic rings. The Bertz CT molecular complexity index is 858. The molecule has 0 aliphatic carbocycles. The van der Waals surface area contributed by atoms with Gasteiger partial charge in [-0.25, -0.2) is 15.4 Å². The SMILES string of the molecule is C/C(=N/Nc1nc(C)cc(-c2ccccc2)n1)c1ccc(O)cc1. The molecule has 0 aliphatic heterocycles. The second-order valence-electron chi connectivity index (χ2n) is 5.44. The van der Waals surface area contributed by atoms with E-state index < -0.39 is 0 Å². The predicted molar refractivity (Wildman–Crippen MR) is 96.1 cm³/mol. The molecule has 3 aromatic rings. The van der Waals surface area contributed by atoms with Crippen LogP contribution in [-0.4, -0.2) is 20.8 Å². The van der Waals surface area contributed by atoms with E-state index in [0.717, 1.165) is 28.2 Å². The minimum atomic E-state index is 0.231. The number of hydrogen-bond acceptors (Lipinski definition) is 5. The lowest BCUT2D eigenvalue weighted by atomic mass is 10.1. The highest BCUT2D eigenvalue weighted by molar-refractivity contribution is 5.99. The van der Waals surface area contributed by atoms with E-state index in [1.54, 1.807) is 12.1 Å². The molecule has 0 spiro atoms. The van der Waals surface area contributed by atoms with Gasteiger partial charge in [-0.1, -0.05) is 30.3 Å². The van der Waals surface area contributed by atoms with Crippen LogP contribution in [0.1, 0.15) is 18.2 Å². The summed E-state index contributed by atoms with van der Waals surface area (Å²) in [6.45, 7) is 3.81. The zero-order chi connectivity index (χ0) is 16.9. The van der Waals surface area contributed by atoms with Gasteiger partial charge in [-0.2, -0.15) is 5.10 Å². The van der Waals surface area contributed by atoms with Gasteiger partial charge >= 0.3 is 0 Å². The Kier molecular flexibility index (Phi) is 4.52. The maximum atomic E-state index is 9.34. The predicted octanol–water partition coefficient (Wildman–Crippen LogP) is 3.99. The molecule has 0 amide bonds. The van der Waals surface area contributed by atoms with Gasteiger partial charge in [0.25, 0.3) is 0 Å². The molecule has 0 saturated carbocycles. The van der Waals surface area contributed by atoms with Crippen LogP contribution in [0.3, 0.4) is 0 Å². The quantitative estimate of drug-likeness (QED) is 0.563. The number of phenolic OH excluding ortho intramolecular Hbond substituents is 1. The molecule has 3 rings (SSSR count). The Hall–Kier alpha value is -3.21. The maximum Gasteiger partial charge on any atom is 0.244 e. The summed E-state index contributed by atoms with van der Waals surface area (Å²) in [5.74, 6) is 0.681. The number of hydrogen-bond donors (Lipinski definition) is 2. The number of phenols is 1. The molecule has 2 aromatic carbocycles. The first-order chi connectivity index (χ1) is 11.6. The Morgan fingerprint density at radius 2 is 1.71 bits per heavy atom. The summed E-state index contributed by atoms with van der Waals surface area (Å²) in [6, 6.07) is 18.8. The topological polar surface area (TPSA) is 70.4 Å². The van der Waals surface area contributed by atoms with Gasteiger partial charge in [0.1, 0.15) is 5.75 Å². The van der Waals surface area contributed by atoms with Gasteiger partial charge in [-0.15, -0.1) is 0 Å². The van der Waals surface area contributed by atoms with Crippen LogP contribution in [0.25, 0.3) is 11.3 Å². The minimum Gasteiger partial charge on any atom is -0.508 e. The van der Waals surface area contributed by atoms with Crippen LogP contribution in [0.4, 0.5) is 5.95 Å². The van der Waals surface area contributed by atoms with Gasteiger partial charge < -0.3 is 5.11 Å². The number of nitrogens with one attached hydrogen (secondary N) is 1. The van der Waals surface area contributed by atoms with Crippen molar-refractivity contribution in [1.29, 1.82) is 0 Å². The third-order valence-corrected chi connectivity index (χ3v) is 3.53. The van der Waals surface area contributed by atoms with Crippen molar-refractivity contribution in [2.45, 2.75) is 13.8 Å². The molecule has 24 heavy (non-hydrogen) atoms. The monoisotopic (exact) mass is 318 g/mol. The molecule has 0 bridgehead atoms. The molecular weight excluding hydrogens is 300 g/mol. The van der Waals surface area contributed by atoms with E-state index in [9.17, 15) is 5.11 Å². The number of aromatic hydroxyl groups is 1. The number of benzene rings is 2. The van der Waals surface area contributed by atoms with Crippen molar-refractivity contribution in [3.63, 3.8) is 0 Å². The summed E-state index contributed by atoms with van der Waals surface area (Å²) in [7, 11) is 0. The second-order valence-corrected chi connectivity index (χ2v) is 5.44. The van der Waals surface area contributed by atoms with E-state index in [0.29, 0.717) is 5.95 Å². The maximum absolute atomic E-state index is 9.34. The molecule has 0 radical (unpaired) electrons. The highest BCUT2D eigenvalue weighted by atomic mass is 16.3. The first-order valence-corrected chi connectivity index (χ1v) is 7.62. The second kappa shape index (κ2) is 6.91. The number of rotatable bonds is 4. The summed E-state index contributed by atoms with van der Waals surface area (Å²) in [5.41, 5.74) is 7.35. The highest BCUT2D eigenvalue weighted by Gasteiger charge is 2.04. The van der Waals surface area contributed by atoms with Crippen molar-refractivity contribution < 1.29 is 5.11 Å². The number of nitrogens with zero attached hydrogens (tertiary/aromatic N) is 3. The van der Waals surface area contributed by atoms with Crippen molar-refractivity contribution in [2.24, 2.45) is 5.10 Å². The average Bonchev–Trinajstić information content (AvgIpc) is 2.60. The van der Waals surface area contributed by atoms with Crippen molar-refractivity contribution in [3.8, 4) is 17.0 Å². The molecule has 1 heterocycles. The Balaban J connectivity index is 1.84. The van der Waals surface area contributed by atoms with Crippen LogP contribution in [-0.2, 0) is 0 Å². The normalized spacial score (nSPS) is 11.3. The van der Waals surface area contributed by atoms with Crippen LogP contribution < -0.4 is 5.43 Å². The van der Waals surface area contributed by atoms with Crippen molar-refractivity contribution in [1.82, 2.24) is 9.97 Å². The van der Waals surface area contributed by atoms with Crippen molar-refractivity contribution in [2.75, 3.05) is 5.43 Å². The number of aryl methyl sites for hydroxylation is 1. The van der Waals surface area contributed by atoms with E-state index in [-0.39, 0.29) is 5.75 Å². The third kappa shape index (κ3) is 3.76. The lowest BCUT2D eigenvalue weighted by molar-refractivity contribution is 0.475. The van der Waals surface area contributed by atoms with Gasteiger partial charge in [0.15, 0.2) is 0 Å². The fraction of sp³-hybridized carbons (Fsp3) is 0.105. The van der Waals surface area contributed by atoms with Crippen LogP contribution in [0, 0.1) is 6.92 Å². The molecule has 0 atom stereocenters. The standard InChI is InChI=1S/C19H18N4O/c1-13-12-18(16-6-4-3-5-7-16)21-19(20-13)23-22-14(2)15-8-10-17(24)11-9-15/h3-12,24H,1-2H3,(H,20,21,23)/b22-14-. The fourth-order valence-corrected chi connectivity index (χ4v) is 2.28. The van der Waals surface area contributed by atoms with Gasteiger partial charge in [-0.3, -0.25) is 0 Å². The lowest BCUT2D eigenvalue weighted by Crippen LogP contribution is -2.03. The molecule has 0 saturated heterocycles. The van der Waals surface area contributed by atoms with Gasteiger partial charge in [-0.05, 0) is 49.7 Å². The largest absolute Gasteiger partial charge is 0.508 e. The number of aromatic nitrogens is 2. The van der Waals surface area contributed by atoms with E-state index >= 15 is 0 Å². The van der Waals surface area contributed by atoms with Gasteiger partial charge in [0.2, 0.25) is 5.95 Å². The van der Waals surface area contributed by atoms with Crippen molar-refractivity contribution in [3.05, 3.63) is 71.9 Å². The van der Waals surface area contributed by atoms with E-state index in [1.165, 1.54) is 0 Å². The zero-order valence-corrected chi connectivity index (χ0v) is 13.6. The van der Waals surface area contributed by atoms with Crippen LogP contribution >= 0.6 is 0 Å². The first kappa shape index (κ1) is 15.7. The van der Waals surface area contributed by atoms with E-state index in [1.807, 2.05) is 62.4 Å². The molecule has 0 fully saturated rings. The van der Waals surface area contributed by atoms with Crippen LogP contribution in [0.15, 0.2) is 65.8 Å². The molecule has 2 N–H and O–H groups in total. The van der Waals surface area contributed by atoms with Crippen LogP contribution in [0.5, 0.6) is 5.75 Å². The minimum absolute atomic E-state index is 0.231. The first-order valence-electron chi connectivity index (χ1n) is 7.62. The van der Waals surface area contributed by atoms with E-state index in [4.69, 9.17) is 0 Å². The average molecular weight is 318 g/mol. The summed E-state index contributed by atoms with van der Waals surface area (Å²) >= 11 is 0. The third-order valence-electron chi connectivity index (χ3n) is 3.53. The van der Waals surface area contributed by atoms with Gasteiger partial charge in [0, 0.05) is 11.3 Å². The molecule has 1 aromatic heterocycles. The summed E-state index contributed by atoms with van der Waals surface area (Å²) in [4.78, 5) is 8.88. The lowest BCUT2D eigenvalue weighted by Gasteiger charge is -2.07. The Labute approximate surface area is 140 Å². The molecule has 120 valence electrons. The highest BCUT2D eigenvalue weighted by Crippen LogP contribution is 2.19. The molecular formula is C19H18N4O. The van der Waals surface area contributed by atoms with Crippen LogP contribution in [0.2, 0.25) is 0 Å².